The lowest BCUT2D eigenvalue weighted by molar-refractivity contribution is 0.265. The summed E-state index contributed by atoms with van der Waals surface area (Å²) in [5.74, 6) is 0.904. The zero-order valence-corrected chi connectivity index (χ0v) is 5.50. The molecule has 2 aliphatic rings. The maximum Gasteiger partial charge on any atom is 0.141 e. The summed E-state index contributed by atoms with van der Waals surface area (Å²) in [5, 5.41) is 0. The van der Waals surface area contributed by atoms with Gasteiger partial charge in [-0.3, -0.25) is 4.99 Å². The highest BCUT2D eigenvalue weighted by Gasteiger charge is 2.11. The van der Waals surface area contributed by atoms with Crippen LogP contribution in [-0.4, -0.2) is 12.8 Å². The van der Waals surface area contributed by atoms with Crippen molar-refractivity contribution >= 4 is 6.21 Å². The fraction of sp³-hybridized carbons (Fsp3) is 0.250. The second-order valence-electron chi connectivity index (χ2n) is 2.21. The molecule has 0 amide bonds. The van der Waals surface area contributed by atoms with Crippen molar-refractivity contribution in [1.29, 1.82) is 0 Å². The predicted octanol–water partition coefficient (Wildman–Crippen LogP) is 1.41. The van der Waals surface area contributed by atoms with Gasteiger partial charge in [-0.05, 0) is 6.08 Å². The first-order valence-corrected chi connectivity index (χ1v) is 3.27. The molecule has 0 aromatic rings. The van der Waals surface area contributed by atoms with Gasteiger partial charge in [0.05, 0.1) is 19.0 Å². The molecule has 0 fully saturated rings. The van der Waals surface area contributed by atoms with Crippen LogP contribution in [0, 0.1) is 0 Å². The molecule has 0 aromatic carbocycles. The van der Waals surface area contributed by atoms with E-state index in [-0.39, 0.29) is 0 Å². The first-order chi connectivity index (χ1) is 4.97. The summed E-state index contributed by atoms with van der Waals surface area (Å²) < 4.78 is 5.28. The van der Waals surface area contributed by atoms with Gasteiger partial charge in [0.2, 0.25) is 0 Å². The summed E-state index contributed by atoms with van der Waals surface area (Å²) in [7, 11) is 0. The Kier molecular flexibility index (Phi) is 1.19. The molecule has 0 spiro atoms. The zero-order chi connectivity index (χ0) is 6.81. The number of hydrogen-bond donors (Lipinski definition) is 0. The number of hydrogen-bond acceptors (Lipinski definition) is 2. The third-order valence-corrected chi connectivity index (χ3v) is 1.54. The van der Waals surface area contributed by atoms with Crippen molar-refractivity contribution < 1.29 is 4.74 Å². The van der Waals surface area contributed by atoms with Crippen LogP contribution in [0.25, 0.3) is 0 Å². The van der Waals surface area contributed by atoms with E-state index in [0.717, 1.165) is 18.8 Å². The molecule has 2 aliphatic heterocycles. The van der Waals surface area contributed by atoms with Gasteiger partial charge in [-0.2, -0.15) is 0 Å². The summed E-state index contributed by atoms with van der Waals surface area (Å²) in [6, 6.07) is 0. The van der Waals surface area contributed by atoms with Crippen molar-refractivity contribution in [2.75, 3.05) is 6.61 Å². The monoisotopic (exact) mass is 133 g/mol. The molecule has 2 heteroatoms. The van der Waals surface area contributed by atoms with Crippen molar-refractivity contribution in [3.05, 3.63) is 29.3 Å². The molecule has 0 unspecified atom stereocenters. The lowest BCUT2D eigenvalue weighted by atomic mass is 10.2. The quantitative estimate of drug-likeness (QED) is 0.458. The maximum absolute atomic E-state index is 5.28. The van der Waals surface area contributed by atoms with Crippen molar-refractivity contribution in [1.82, 2.24) is 0 Å². The molecule has 0 atom stereocenters. The Morgan fingerprint density at radius 3 is 3.60 bits per heavy atom. The van der Waals surface area contributed by atoms with Crippen LogP contribution in [0.4, 0.5) is 0 Å². The van der Waals surface area contributed by atoms with Crippen LogP contribution in [0.1, 0.15) is 6.42 Å². The zero-order valence-electron chi connectivity index (χ0n) is 5.50. The normalized spacial score (nSPS) is 20.8. The second-order valence-corrected chi connectivity index (χ2v) is 2.21. The lowest BCUT2D eigenvalue weighted by Gasteiger charge is -1.92. The van der Waals surface area contributed by atoms with Crippen LogP contribution in [0.15, 0.2) is 34.3 Å². The van der Waals surface area contributed by atoms with Crippen LogP contribution in [0.5, 0.6) is 0 Å². The Hall–Kier alpha value is -1.27. The largest absolute Gasteiger partial charge is 0.491 e. The van der Waals surface area contributed by atoms with Gasteiger partial charge >= 0.3 is 0 Å². The summed E-state index contributed by atoms with van der Waals surface area (Å²) in [4.78, 5) is 3.94. The molecule has 2 nitrogen and oxygen atoms in total. The fourth-order valence-electron chi connectivity index (χ4n) is 1.04. The molecule has 0 saturated heterocycles. The summed E-state index contributed by atoms with van der Waals surface area (Å²) in [6.07, 6.45) is 6.29. The lowest BCUT2D eigenvalue weighted by Crippen LogP contribution is -1.84. The highest BCUT2D eigenvalue weighted by molar-refractivity contribution is 5.79. The molecule has 2 heterocycles. The van der Waals surface area contributed by atoms with E-state index in [1.807, 2.05) is 6.08 Å². The highest BCUT2D eigenvalue weighted by Crippen LogP contribution is 2.19. The number of allylic oxidation sites excluding steroid dienone is 2. The Morgan fingerprint density at radius 2 is 2.60 bits per heavy atom. The van der Waals surface area contributed by atoms with Gasteiger partial charge in [0.25, 0.3) is 0 Å². The average molecular weight is 133 g/mol. The molecule has 50 valence electrons. The second kappa shape index (κ2) is 2.16. The third kappa shape index (κ3) is 0.789. The van der Waals surface area contributed by atoms with Gasteiger partial charge in [0, 0.05) is 12.0 Å². The molecule has 2 rings (SSSR count). The summed E-state index contributed by atoms with van der Waals surface area (Å²) in [6.45, 7) is 0.787. The minimum absolute atomic E-state index is 0.787. The van der Waals surface area contributed by atoms with Crippen LogP contribution in [0.3, 0.4) is 0 Å². The van der Waals surface area contributed by atoms with E-state index in [0.29, 0.717) is 0 Å². The molecule has 0 N–H and O–H groups in total. The molecule has 0 saturated carbocycles. The average Bonchev–Trinajstić information content (AvgIpc) is 2.28. The first kappa shape index (κ1) is 5.51. The number of rotatable bonds is 0. The topological polar surface area (TPSA) is 21.6 Å². The Bertz CT molecular complexity index is 267. The van der Waals surface area contributed by atoms with Gasteiger partial charge in [-0.1, -0.05) is 0 Å². The van der Waals surface area contributed by atoms with Crippen molar-refractivity contribution in [3.63, 3.8) is 0 Å². The molecular formula is C8H7NO. The van der Waals surface area contributed by atoms with Crippen molar-refractivity contribution in [3.8, 4) is 0 Å². The predicted molar refractivity (Wildman–Crippen MR) is 38.7 cm³/mol. The minimum atomic E-state index is 0.787. The molecule has 0 radical (unpaired) electrons. The van der Waals surface area contributed by atoms with E-state index < -0.39 is 0 Å². The maximum atomic E-state index is 5.28. The molecule has 0 aliphatic carbocycles. The molecular weight excluding hydrogens is 126 g/mol. The van der Waals surface area contributed by atoms with Gasteiger partial charge < -0.3 is 4.74 Å². The fourth-order valence-corrected chi connectivity index (χ4v) is 1.04. The van der Waals surface area contributed by atoms with Crippen LogP contribution < -0.4 is 0 Å². The van der Waals surface area contributed by atoms with E-state index in [4.69, 9.17) is 4.74 Å². The Balaban J connectivity index is 2.44. The van der Waals surface area contributed by atoms with E-state index in [1.54, 1.807) is 12.4 Å². The number of ether oxygens (including phenoxy) is 1. The van der Waals surface area contributed by atoms with E-state index >= 15 is 0 Å². The van der Waals surface area contributed by atoms with Gasteiger partial charge in [-0.25, -0.2) is 0 Å². The summed E-state index contributed by atoms with van der Waals surface area (Å²) in [5.41, 5.74) is 4.14. The van der Waals surface area contributed by atoms with Crippen molar-refractivity contribution in [2.24, 2.45) is 4.99 Å². The van der Waals surface area contributed by atoms with Crippen molar-refractivity contribution in [2.45, 2.75) is 6.42 Å². The Labute approximate surface area is 59.2 Å². The van der Waals surface area contributed by atoms with E-state index in [9.17, 15) is 0 Å². The smallest absolute Gasteiger partial charge is 0.141 e. The molecule has 10 heavy (non-hydrogen) atoms. The van der Waals surface area contributed by atoms with Crippen LogP contribution in [0.2, 0.25) is 0 Å². The van der Waals surface area contributed by atoms with Gasteiger partial charge in [0.1, 0.15) is 5.76 Å². The van der Waals surface area contributed by atoms with E-state index in [1.165, 1.54) is 5.57 Å². The van der Waals surface area contributed by atoms with Crippen LogP contribution in [-0.2, 0) is 4.74 Å². The summed E-state index contributed by atoms with van der Waals surface area (Å²) >= 11 is 0. The SMILES string of the molecule is C1=CN=CC2=C(C=1)CCO2. The third-order valence-electron chi connectivity index (χ3n) is 1.54. The minimum Gasteiger partial charge on any atom is -0.491 e. The Morgan fingerprint density at radius 1 is 1.60 bits per heavy atom. The number of aliphatic imine (C=N–C) groups is 1. The van der Waals surface area contributed by atoms with E-state index in [2.05, 4.69) is 10.7 Å². The van der Waals surface area contributed by atoms with Gasteiger partial charge in [-0.15, -0.1) is 5.73 Å². The highest BCUT2D eigenvalue weighted by atomic mass is 16.5. The van der Waals surface area contributed by atoms with Crippen LogP contribution >= 0.6 is 0 Å². The standard InChI is InChI=1S/C8H7NO/c1-2-7-3-5-10-8(7)6-9-4-1/h2,4,6H,3,5H2. The molecule has 0 aromatic heterocycles. The molecule has 0 bridgehead atoms. The first-order valence-electron chi connectivity index (χ1n) is 3.27. The van der Waals surface area contributed by atoms with Gasteiger partial charge in [0.15, 0.2) is 0 Å². The number of nitrogens with zero attached hydrogens (tertiary/aromatic N) is 1.